The second-order valence-corrected chi connectivity index (χ2v) is 9.15. The quantitative estimate of drug-likeness (QED) is 0.920. The van der Waals surface area contributed by atoms with Gasteiger partial charge in [-0.15, -0.1) is 0 Å². The topological polar surface area (TPSA) is 66.5 Å². The number of carbonyl (C=O) groups is 1. The normalized spacial score (nSPS) is 17.9. The SMILES string of the molecule is Cc1ccc(S(=O)(=O)N2CCC(NC(=O)C(C)(C)C)CC2)cc1. The lowest BCUT2D eigenvalue weighted by atomic mass is 9.94. The monoisotopic (exact) mass is 338 g/mol. The molecule has 0 radical (unpaired) electrons. The number of hydrogen-bond acceptors (Lipinski definition) is 3. The lowest BCUT2D eigenvalue weighted by Gasteiger charge is -2.33. The van der Waals surface area contributed by atoms with Crippen LogP contribution in [-0.2, 0) is 14.8 Å². The molecule has 0 spiro atoms. The third-order valence-electron chi connectivity index (χ3n) is 4.13. The van der Waals surface area contributed by atoms with Gasteiger partial charge in [-0.1, -0.05) is 38.5 Å². The molecule has 23 heavy (non-hydrogen) atoms. The number of piperidine rings is 1. The van der Waals surface area contributed by atoms with Crippen LogP contribution in [-0.4, -0.2) is 37.8 Å². The van der Waals surface area contributed by atoms with E-state index in [2.05, 4.69) is 5.32 Å². The molecule has 1 N–H and O–H groups in total. The summed E-state index contributed by atoms with van der Waals surface area (Å²) in [4.78, 5) is 12.4. The van der Waals surface area contributed by atoms with Crippen LogP contribution < -0.4 is 5.32 Å². The lowest BCUT2D eigenvalue weighted by molar-refractivity contribution is -0.129. The first kappa shape index (κ1) is 17.9. The summed E-state index contributed by atoms with van der Waals surface area (Å²) in [6.07, 6.45) is 1.29. The van der Waals surface area contributed by atoms with E-state index < -0.39 is 15.4 Å². The summed E-state index contributed by atoms with van der Waals surface area (Å²) in [5.41, 5.74) is 0.609. The molecule has 1 amide bonds. The van der Waals surface area contributed by atoms with Crippen molar-refractivity contribution in [2.45, 2.75) is 51.5 Å². The first-order valence-electron chi connectivity index (χ1n) is 7.98. The smallest absolute Gasteiger partial charge is 0.243 e. The van der Waals surface area contributed by atoms with Gasteiger partial charge >= 0.3 is 0 Å². The van der Waals surface area contributed by atoms with Crippen molar-refractivity contribution in [2.75, 3.05) is 13.1 Å². The molecule has 1 aliphatic rings. The van der Waals surface area contributed by atoms with Crippen LogP contribution >= 0.6 is 0 Å². The van der Waals surface area contributed by atoms with Crippen molar-refractivity contribution in [3.8, 4) is 0 Å². The van der Waals surface area contributed by atoms with Gasteiger partial charge in [0.2, 0.25) is 15.9 Å². The molecule has 128 valence electrons. The van der Waals surface area contributed by atoms with Gasteiger partial charge in [-0.3, -0.25) is 4.79 Å². The van der Waals surface area contributed by atoms with Gasteiger partial charge in [0.25, 0.3) is 0 Å². The van der Waals surface area contributed by atoms with E-state index in [1.807, 2.05) is 39.8 Å². The molecule has 0 unspecified atom stereocenters. The molecule has 1 aromatic carbocycles. The Bertz CT molecular complexity index is 652. The summed E-state index contributed by atoms with van der Waals surface area (Å²) in [5, 5.41) is 3.02. The van der Waals surface area contributed by atoms with E-state index in [1.165, 1.54) is 4.31 Å². The molecule has 1 saturated heterocycles. The molecule has 0 aliphatic carbocycles. The van der Waals surface area contributed by atoms with Gasteiger partial charge < -0.3 is 5.32 Å². The van der Waals surface area contributed by atoms with E-state index in [0.29, 0.717) is 30.8 Å². The number of rotatable bonds is 3. The molecular formula is C17H26N2O3S. The summed E-state index contributed by atoms with van der Waals surface area (Å²) < 4.78 is 26.8. The molecule has 1 fully saturated rings. The molecule has 6 heteroatoms. The molecule has 1 aliphatic heterocycles. The van der Waals surface area contributed by atoms with Crippen molar-refractivity contribution in [2.24, 2.45) is 5.41 Å². The molecule has 1 heterocycles. The Balaban J connectivity index is 1.98. The summed E-state index contributed by atoms with van der Waals surface area (Å²) in [6.45, 7) is 8.42. The van der Waals surface area contributed by atoms with Crippen LogP contribution in [0.15, 0.2) is 29.2 Å². The fourth-order valence-electron chi connectivity index (χ4n) is 2.50. The van der Waals surface area contributed by atoms with E-state index in [4.69, 9.17) is 0 Å². The maximum atomic E-state index is 12.6. The van der Waals surface area contributed by atoms with Crippen LogP contribution in [0, 0.1) is 12.3 Å². The zero-order chi connectivity index (χ0) is 17.3. The number of carbonyl (C=O) groups excluding carboxylic acids is 1. The fraction of sp³-hybridized carbons (Fsp3) is 0.588. The van der Waals surface area contributed by atoms with Gasteiger partial charge in [0.15, 0.2) is 0 Å². The zero-order valence-electron chi connectivity index (χ0n) is 14.3. The third-order valence-corrected chi connectivity index (χ3v) is 6.04. The Hall–Kier alpha value is -1.40. The molecule has 0 saturated carbocycles. The standard InChI is InChI=1S/C17H26N2O3S/c1-13-5-7-15(8-6-13)23(21,22)19-11-9-14(10-12-19)18-16(20)17(2,3)4/h5-8,14H,9-12H2,1-4H3,(H,18,20). The number of aryl methyl sites for hydroxylation is 1. The van der Waals surface area contributed by atoms with Crippen LogP contribution in [0.25, 0.3) is 0 Å². The van der Waals surface area contributed by atoms with Gasteiger partial charge in [0.05, 0.1) is 4.90 Å². The second kappa shape index (κ2) is 6.61. The van der Waals surface area contributed by atoms with Gasteiger partial charge in [0.1, 0.15) is 0 Å². The van der Waals surface area contributed by atoms with Gasteiger partial charge in [-0.05, 0) is 31.9 Å². The Morgan fingerprint density at radius 1 is 1.13 bits per heavy atom. The summed E-state index contributed by atoms with van der Waals surface area (Å²) in [6, 6.07) is 6.97. The average molecular weight is 338 g/mol. The van der Waals surface area contributed by atoms with Crippen LogP contribution in [0.2, 0.25) is 0 Å². The van der Waals surface area contributed by atoms with Crippen molar-refractivity contribution >= 4 is 15.9 Å². The van der Waals surface area contributed by atoms with Crippen LogP contribution in [0.3, 0.4) is 0 Å². The van der Waals surface area contributed by atoms with Crippen molar-refractivity contribution in [1.29, 1.82) is 0 Å². The molecule has 5 nitrogen and oxygen atoms in total. The maximum absolute atomic E-state index is 12.6. The number of hydrogen-bond donors (Lipinski definition) is 1. The Morgan fingerprint density at radius 3 is 2.13 bits per heavy atom. The van der Waals surface area contributed by atoms with Crippen LogP contribution in [0.1, 0.15) is 39.2 Å². The summed E-state index contributed by atoms with van der Waals surface area (Å²) in [5.74, 6) is 0.0114. The van der Waals surface area contributed by atoms with Crippen molar-refractivity contribution in [1.82, 2.24) is 9.62 Å². The average Bonchev–Trinajstić information content (AvgIpc) is 2.47. The minimum Gasteiger partial charge on any atom is -0.353 e. The Morgan fingerprint density at radius 2 is 1.65 bits per heavy atom. The molecule has 0 atom stereocenters. The van der Waals surface area contributed by atoms with Crippen molar-refractivity contribution in [3.05, 3.63) is 29.8 Å². The van der Waals surface area contributed by atoms with Gasteiger partial charge in [-0.2, -0.15) is 4.31 Å². The Kier molecular flexibility index (Phi) is 5.16. The minimum atomic E-state index is -3.44. The summed E-state index contributed by atoms with van der Waals surface area (Å²) >= 11 is 0. The third kappa shape index (κ3) is 4.32. The predicted octanol–water partition coefficient (Wildman–Crippen LogP) is 2.31. The first-order valence-corrected chi connectivity index (χ1v) is 9.42. The van der Waals surface area contributed by atoms with Gasteiger partial charge in [0, 0.05) is 24.5 Å². The maximum Gasteiger partial charge on any atom is 0.243 e. The highest BCUT2D eigenvalue weighted by Gasteiger charge is 2.31. The summed E-state index contributed by atoms with van der Waals surface area (Å²) in [7, 11) is -3.44. The van der Waals surface area contributed by atoms with Crippen LogP contribution in [0.5, 0.6) is 0 Å². The largest absolute Gasteiger partial charge is 0.353 e. The molecule has 0 aromatic heterocycles. The van der Waals surface area contributed by atoms with E-state index in [-0.39, 0.29) is 11.9 Å². The second-order valence-electron chi connectivity index (χ2n) is 7.21. The molecule has 2 rings (SSSR count). The fourth-order valence-corrected chi connectivity index (χ4v) is 3.97. The molecule has 1 aromatic rings. The first-order chi connectivity index (χ1) is 10.6. The van der Waals surface area contributed by atoms with Crippen molar-refractivity contribution < 1.29 is 13.2 Å². The Labute approximate surface area is 139 Å². The molecule has 0 bridgehead atoms. The van der Waals surface area contributed by atoms with E-state index in [0.717, 1.165) is 5.56 Å². The van der Waals surface area contributed by atoms with E-state index in [9.17, 15) is 13.2 Å². The number of sulfonamides is 1. The lowest BCUT2D eigenvalue weighted by Crippen LogP contribution is -2.48. The van der Waals surface area contributed by atoms with Gasteiger partial charge in [-0.25, -0.2) is 8.42 Å². The van der Waals surface area contributed by atoms with Crippen molar-refractivity contribution in [3.63, 3.8) is 0 Å². The highest BCUT2D eigenvalue weighted by atomic mass is 32.2. The molecular weight excluding hydrogens is 312 g/mol. The minimum absolute atomic E-state index is 0.0114. The zero-order valence-corrected chi connectivity index (χ0v) is 15.1. The number of nitrogens with one attached hydrogen (secondary N) is 1. The number of amides is 1. The predicted molar refractivity (Wildman–Crippen MR) is 90.6 cm³/mol. The highest BCUT2D eigenvalue weighted by Crippen LogP contribution is 2.22. The van der Waals surface area contributed by atoms with E-state index in [1.54, 1.807) is 12.1 Å². The van der Waals surface area contributed by atoms with E-state index >= 15 is 0 Å². The number of nitrogens with zero attached hydrogens (tertiary/aromatic N) is 1. The number of benzene rings is 1. The highest BCUT2D eigenvalue weighted by molar-refractivity contribution is 7.89. The van der Waals surface area contributed by atoms with Crippen LogP contribution in [0.4, 0.5) is 0 Å².